The van der Waals surface area contributed by atoms with Crippen molar-refractivity contribution in [2.75, 3.05) is 5.75 Å². The normalized spacial score (nSPS) is 14.3. The molecule has 0 saturated carbocycles. The van der Waals surface area contributed by atoms with Crippen LogP contribution in [-0.4, -0.2) is 32.7 Å². The Morgan fingerprint density at radius 1 is 1.44 bits per heavy atom. The number of hydrogen-bond acceptors (Lipinski definition) is 5. The summed E-state index contributed by atoms with van der Waals surface area (Å²) in [5, 5.41) is 26.3. The van der Waals surface area contributed by atoms with Crippen LogP contribution in [0.2, 0.25) is 0 Å². The second kappa shape index (κ2) is 5.18. The van der Waals surface area contributed by atoms with Gasteiger partial charge in [0, 0.05) is 12.0 Å². The molecule has 0 bridgehead atoms. The van der Waals surface area contributed by atoms with E-state index in [1.54, 1.807) is 0 Å². The topological polar surface area (TPSA) is 82.2 Å². The molecule has 0 aromatic heterocycles. The Morgan fingerprint density at radius 2 is 2.22 bits per heavy atom. The lowest BCUT2D eigenvalue weighted by Gasteiger charge is -2.04. The van der Waals surface area contributed by atoms with Gasteiger partial charge in [-0.1, -0.05) is 17.8 Å². The van der Waals surface area contributed by atoms with E-state index in [1.807, 2.05) is 0 Å². The van der Waals surface area contributed by atoms with Crippen LogP contribution in [0.15, 0.2) is 28.4 Å². The molecule has 0 fully saturated rings. The van der Waals surface area contributed by atoms with Gasteiger partial charge in [-0.15, -0.1) is 5.10 Å². The van der Waals surface area contributed by atoms with Gasteiger partial charge in [0.1, 0.15) is 5.04 Å². The second-order valence-electron chi connectivity index (χ2n) is 3.54. The lowest BCUT2D eigenvalue weighted by molar-refractivity contribution is -0.133. The molecule has 0 aliphatic carbocycles. The first-order valence-corrected chi connectivity index (χ1v) is 6.02. The molecule has 18 heavy (non-hydrogen) atoms. The van der Waals surface area contributed by atoms with Gasteiger partial charge in [-0.2, -0.15) is 5.10 Å². The van der Waals surface area contributed by atoms with Crippen molar-refractivity contribution in [3.05, 3.63) is 29.6 Å². The Labute approximate surface area is 106 Å². The molecule has 0 atom stereocenters. The minimum Gasteiger partial charge on any atom is -0.504 e. The van der Waals surface area contributed by atoms with Gasteiger partial charge in [0.2, 0.25) is 0 Å². The van der Waals surface area contributed by atoms with Crippen LogP contribution in [0.3, 0.4) is 0 Å². The van der Waals surface area contributed by atoms with E-state index in [4.69, 9.17) is 5.11 Å². The summed E-state index contributed by atoms with van der Waals surface area (Å²) in [4.78, 5) is 10.4. The summed E-state index contributed by atoms with van der Waals surface area (Å²) >= 11 is 1.06. The van der Waals surface area contributed by atoms with Crippen molar-refractivity contribution in [2.24, 2.45) is 10.2 Å². The number of para-hydroxylation sites is 1. The maximum atomic E-state index is 13.2. The van der Waals surface area contributed by atoms with Gasteiger partial charge in [0.05, 0.1) is 11.5 Å². The number of aliphatic carboxylic acids is 1. The number of aromatic hydroxyl groups is 1. The average molecular weight is 268 g/mol. The van der Waals surface area contributed by atoms with Crippen molar-refractivity contribution >= 4 is 28.5 Å². The van der Waals surface area contributed by atoms with Crippen LogP contribution in [0, 0.1) is 5.82 Å². The fourth-order valence-electron chi connectivity index (χ4n) is 1.45. The van der Waals surface area contributed by atoms with Crippen molar-refractivity contribution < 1.29 is 19.4 Å². The van der Waals surface area contributed by atoms with E-state index < -0.39 is 17.5 Å². The molecule has 2 rings (SSSR count). The highest BCUT2D eigenvalue weighted by atomic mass is 32.2. The second-order valence-corrected chi connectivity index (χ2v) is 4.58. The number of rotatable bonds is 3. The number of benzene rings is 1. The van der Waals surface area contributed by atoms with Crippen molar-refractivity contribution in [3.63, 3.8) is 0 Å². The zero-order valence-electron chi connectivity index (χ0n) is 9.13. The molecule has 0 amide bonds. The fraction of sp³-hybridized carbons (Fsp3) is 0.182. The van der Waals surface area contributed by atoms with Crippen LogP contribution in [0.1, 0.15) is 12.0 Å². The van der Waals surface area contributed by atoms with E-state index in [-0.39, 0.29) is 11.3 Å². The zero-order chi connectivity index (χ0) is 13.1. The number of thioether (sulfide) groups is 1. The average Bonchev–Trinajstić information content (AvgIpc) is 2.78. The summed E-state index contributed by atoms with van der Waals surface area (Å²) < 4.78 is 13.2. The summed E-state index contributed by atoms with van der Waals surface area (Å²) in [6.07, 6.45) is 0.301. The number of carbonyl (C=O) groups is 1. The van der Waals surface area contributed by atoms with E-state index in [1.165, 1.54) is 12.1 Å². The van der Waals surface area contributed by atoms with Crippen molar-refractivity contribution in [3.8, 4) is 5.75 Å². The summed E-state index contributed by atoms with van der Waals surface area (Å²) in [6, 6.07) is 4.15. The molecule has 5 nitrogen and oxygen atoms in total. The Bertz CT molecular complexity index is 557. The lowest BCUT2D eigenvalue weighted by atomic mass is 10.1. The van der Waals surface area contributed by atoms with Gasteiger partial charge in [-0.05, 0) is 12.1 Å². The van der Waals surface area contributed by atoms with E-state index >= 15 is 0 Å². The predicted molar refractivity (Wildman–Crippen MR) is 66.7 cm³/mol. The van der Waals surface area contributed by atoms with Crippen molar-refractivity contribution in [1.29, 1.82) is 0 Å². The number of carboxylic acids is 1. The van der Waals surface area contributed by atoms with Crippen LogP contribution in [-0.2, 0) is 4.79 Å². The van der Waals surface area contributed by atoms with Crippen LogP contribution >= 0.6 is 11.8 Å². The minimum atomic E-state index is -0.940. The third-order valence-corrected chi connectivity index (χ3v) is 3.21. The van der Waals surface area contributed by atoms with E-state index in [9.17, 15) is 14.3 Å². The standard InChI is InChI=1S/C11H9FN2O3S/c12-7-3-1-2-6(11(7)17)8-4-9(14-13-8)18-5-10(15)16/h1-3,17H,4-5H2,(H,15,16). The van der Waals surface area contributed by atoms with Gasteiger partial charge in [0.25, 0.3) is 0 Å². The summed E-state index contributed by atoms with van der Waals surface area (Å²) in [5.41, 5.74) is 0.713. The molecular formula is C11H9FN2O3S. The molecule has 1 aromatic carbocycles. The molecule has 1 heterocycles. The van der Waals surface area contributed by atoms with Gasteiger partial charge < -0.3 is 10.2 Å². The van der Waals surface area contributed by atoms with Crippen LogP contribution < -0.4 is 0 Å². The number of phenolic OH excluding ortho intramolecular Hbond substituents is 1. The molecule has 94 valence electrons. The molecule has 0 unspecified atom stereocenters. The Hall–Kier alpha value is -1.89. The molecule has 0 spiro atoms. The van der Waals surface area contributed by atoms with Gasteiger partial charge in [-0.25, -0.2) is 4.39 Å². The Balaban J connectivity index is 2.07. The molecule has 0 radical (unpaired) electrons. The molecule has 1 aliphatic rings. The molecule has 1 aromatic rings. The Morgan fingerprint density at radius 3 is 2.94 bits per heavy atom. The largest absolute Gasteiger partial charge is 0.504 e. The third kappa shape index (κ3) is 2.67. The highest BCUT2D eigenvalue weighted by Gasteiger charge is 2.19. The molecular weight excluding hydrogens is 259 g/mol. The smallest absolute Gasteiger partial charge is 0.313 e. The number of carboxylic acid groups (broad SMARTS) is 1. The number of nitrogens with zero attached hydrogens (tertiary/aromatic N) is 2. The first kappa shape index (κ1) is 12.6. The van der Waals surface area contributed by atoms with E-state index in [2.05, 4.69) is 10.2 Å². The SMILES string of the molecule is O=C(O)CSC1=NN=C(c2cccc(F)c2O)C1. The zero-order valence-corrected chi connectivity index (χ0v) is 9.95. The monoisotopic (exact) mass is 268 g/mol. The molecule has 2 N–H and O–H groups in total. The van der Waals surface area contributed by atoms with Crippen molar-refractivity contribution in [2.45, 2.75) is 6.42 Å². The molecule has 7 heteroatoms. The Kier molecular flexibility index (Phi) is 3.61. The van der Waals surface area contributed by atoms with Crippen LogP contribution in [0.5, 0.6) is 5.75 Å². The predicted octanol–water partition coefficient (Wildman–Crippen LogP) is 1.86. The number of phenols is 1. The third-order valence-electron chi connectivity index (χ3n) is 2.26. The van der Waals surface area contributed by atoms with E-state index in [0.717, 1.165) is 17.8 Å². The van der Waals surface area contributed by atoms with Gasteiger partial charge in [-0.3, -0.25) is 4.79 Å². The maximum Gasteiger partial charge on any atom is 0.313 e. The van der Waals surface area contributed by atoms with Crippen LogP contribution in [0.4, 0.5) is 4.39 Å². The summed E-state index contributed by atoms with van der Waals surface area (Å²) in [5.74, 6) is -2.22. The first-order chi connectivity index (χ1) is 8.58. The minimum absolute atomic E-state index is 0.100. The van der Waals surface area contributed by atoms with Crippen molar-refractivity contribution in [1.82, 2.24) is 0 Å². The highest BCUT2D eigenvalue weighted by molar-refractivity contribution is 8.14. The maximum absolute atomic E-state index is 13.2. The van der Waals surface area contributed by atoms with Crippen LogP contribution in [0.25, 0.3) is 0 Å². The van der Waals surface area contributed by atoms with Gasteiger partial charge >= 0.3 is 5.97 Å². The summed E-state index contributed by atoms with van der Waals surface area (Å²) in [6.45, 7) is 0. The summed E-state index contributed by atoms with van der Waals surface area (Å²) in [7, 11) is 0. The molecule has 0 saturated heterocycles. The van der Waals surface area contributed by atoms with E-state index in [0.29, 0.717) is 17.2 Å². The fourth-order valence-corrected chi connectivity index (χ4v) is 2.08. The van der Waals surface area contributed by atoms with Gasteiger partial charge in [0.15, 0.2) is 11.6 Å². The quantitative estimate of drug-likeness (QED) is 0.876. The lowest BCUT2D eigenvalue weighted by Crippen LogP contribution is -2.05. The number of hydrogen-bond donors (Lipinski definition) is 2. The highest BCUT2D eigenvalue weighted by Crippen LogP contribution is 2.26. The molecule has 1 aliphatic heterocycles. The number of halogens is 1. The first-order valence-electron chi connectivity index (χ1n) is 5.04.